The van der Waals surface area contributed by atoms with Crippen LogP contribution in [0.15, 0.2) is 29.4 Å². The minimum absolute atomic E-state index is 0.149. The highest BCUT2D eigenvalue weighted by atomic mass is 32.2. The molecule has 3 rings (SSSR count). The number of rotatable bonds is 8. The fourth-order valence-corrected chi connectivity index (χ4v) is 3.98. The van der Waals surface area contributed by atoms with E-state index in [1.54, 1.807) is 0 Å². The molecule has 0 aliphatic carbocycles. The Morgan fingerprint density at radius 3 is 2.71 bits per heavy atom. The van der Waals surface area contributed by atoms with E-state index in [0.29, 0.717) is 23.4 Å². The third kappa shape index (κ3) is 4.87. The monoisotopic (exact) mass is 418 g/mol. The number of aromatic nitrogens is 5. The molecule has 8 nitrogen and oxygen atoms in total. The maximum atomic E-state index is 12.4. The zero-order chi connectivity index (χ0) is 20.1. The number of thioether (sulfide) groups is 1. The molecule has 28 heavy (non-hydrogen) atoms. The van der Waals surface area contributed by atoms with Gasteiger partial charge in [-0.25, -0.2) is 0 Å². The second-order valence-corrected chi connectivity index (χ2v) is 8.56. The van der Waals surface area contributed by atoms with Gasteiger partial charge in [0.2, 0.25) is 11.0 Å². The molecule has 1 aromatic carbocycles. The van der Waals surface area contributed by atoms with E-state index in [9.17, 15) is 4.79 Å². The Morgan fingerprint density at radius 2 is 2.04 bits per heavy atom. The lowest BCUT2D eigenvalue weighted by Gasteiger charge is -2.12. The number of carbonyl (C=O) groups excluding carboxylic acids is 1. The van der Waals surface area contributed by atoms with E-state index < -0.39 is 0 Å². The molecule has 1 N–H and O–H groups in total. The number of amides is 1. The molecule has 2 aromatic heterocycles. The maximum Gasteiger partial charge on any atom is 0.239 e. The van der Waals surface area contributed by atoms with Crippen molar-refractivity contribution in [2.45, 2.75) is 51.3 Å². The molecule has 1 atom stereocenters. The lowest BCUT2D eigenvalue weighted by atomic mass is 10.2. The van der Waals surface area contributed by atoms with Crippen molar-refractivity contribution in [1.82, 2.24) is 25.0 Å². The molecule has 0 saturated carbocycles. The number of nitrogens with one attached hydrogen (secondary N) is 1. The number of nitrogens with zero attached hydrogens (tertiary/aromatic N) is 5. The van der Waals surface area contributed by atoms with E-state index in [1.807, 2.05) is 56.5 Å². The number of hydrogen-bond donors (Lipinski definition) is 1. The van der Waals surface area contributed by atoms with Crippen molar-refractivity contribution in [3.8, 4) is 5.75 Å². The predicted octanol–water partition coefficient (Wildman–Crippen LogP) is 3.46. The van der Waals surface area contributed by atoms with Gasteiger partial charge in [-0.2, -0.15) is 0 Å². The molecule has 0 bridgehead atoms. The second kappa shape index (κ2) is 9.16. The van der Waals surface area contributed by atoms with Crippen LogP contribution in [0.3, 0.4) is 0 Å². The quantitative estimate of drug-likeness (QED) is 0.560. The Bertz CT molecular complexity index is 955. The van der Waals surface area contributed by atoms with Gasteiger partial charge >= 0.3 is 0 Å². The minimum atomic E-state index is -0.358. The largest absolute Gasteiger partial charge is 0.485 e. The Hall–Kier alpha value is -2.46. The SMILES string of the molecule is CCn1c(COc2ccccc2C)nnc1S[C@H](C)C(=O)Nc1nnc(C)s1. The van der Waals surface area contributed by atoms with E-state index in [-0.39, 0.29) is 11.2 Å². The van der Waals surface area contributed by atoms with Crippen molar-refractivity contribution in [2.75, 3.05) is 5.32 Å². The van der Waals surface area contributed by atoms with Crippen LogP contribution in [0.25, 0.3) is 0 Å². The van der Waals surface area contributed by atoms with Crippen LogP contribution in [0.4, 0.5) is 5.13 Å². The van der Waals surface area contributed by atoms with Crippen LogP contribution in [0.2, 0.25) is 0 Å². The highest BCUT2D eigenvalue weighted by Gasteiger charge is 2.21. The number of benzene rings is 1. The number of aryl methyl sites for hydroxylation is 2. The van der Waals surface area contributed by atoms with Gasteiger partial charge < -0.3 is 9.30 Å². The molecule has 0 spiro atoms. The molecular formula is C18H22N6O2S2. The molecule has 2 heterocycles. The van der Waals surface area contributed by atoms with Gasteiger partial charge in [-0.05, 0) is 39.3 Å². The van der Waals surface area contributed by atoms with Crippen LogP contribution in [0.1, 0.15) is 30.2 Å². The average Bonchev–Trinajstić information content (AvgIpc) is 3.26. The number of carbonyl (C=O) groups is 1. The van der Waals surface area contributed by atoms with E-state index in [2.05, 4.69) is 25.7 Å². The first-order valence-electron chi connectivity index (χ1n) is 8.86. The van der Waals surface area contributed by atoms with Crippen LogP contribution in [0.5, 0.6) is 5.75 Å². The summed E-state index contributed by atoms with van der Waals surface area (Å²) in [7, 11) is 0. The Kier molecular flexibility index (Phi) is 6.63. The summed E-state index contributed by atoms with van der Waals surface area (Å²) in [6.45, 7) is 8.69. The Labute approximate surface area is 171 Å². The fraction of sp³-hybridized carbons (Fsp3) is 0.389. The highest BCUT2D eigenvalue weighted by Crippen LogP contribution is 2.25. The summed E-state index contributed by atoms with van der Waals surface area (Å²) >= 11 is 2.70. The number of anilines is 1. The van der Waals surface area contributed by atoms with Crippen LogP contribution in [-0.2, 0) is 17.9 Å². The van der Waals surface area contributed by atoms with Crippen molar-refractivity contribution in [3.05, 3.63) is 40.7 Å². The van der Waals surface area contributed by atoms with Crippen LogP contribution in [-0.4, -0.2) is 36.1 Å². The first-order chi connectivity index (χ1) is 13.5. The molecule has 0 unspecified atom stereocenters. The van der Waals surface area contributed by atoms with Crippen LogP contribution in [0, 0.1) is 13.8 Å². The second-order valence-electron chi connectivity index (χ2n) is 6.07. The van der Waals surface area contributed by atoms with Gasteiger partial charge in [0.1, 0.15) is 17.4 Å². The van der Waals surface area contributed by atoms with Gasteiger partial charge in [0.25, 0.3) is 0 Å². The first kappa shape index (κ1) is 20.3. The zero-order valence-corrected chi connectivity index (χ0v) is 17.8. The summed E-state index contributed by atoms with van der Waals surface area (Å²) in [6.07, 6.45) is 0. The van der Waals surface area contributed by atoms with E-state index in [0.717, 1.165) is 22.1 Å². The molecule has 10 heteroatoms. The van der Waals surface area contributed by atoms with Crippen molar-refractivity contribution in [3.63, 3.8) is 0 Å². The van der Waals surface area contributed by atoms with Gasteiger partial charge in [-0.15, -0.1) is 20.4 Å². The summed E-state index contributed by atoms with van der Waals surface area (Å²) in [4.78, 5) is 12.4. The zero-order valence-electron chi connectivity index (χ0n) is 16.2. The third-order valence-electron chi connectivity index (χ3n) is 3.97. The lowest BCUT2D eigenvalue weighted by molar-refractivity contribution is -0.115. The third-order valence-corrected chi connectivity index (χ3v) is 5.80. The molecule has 1 amide bonds. The molecule has 0 aliphatic rings. The topological polar surface area (TPSA) is 94.8 Å². The van der Waals surface area contributed by atoms with Gasteiger partial charge in [-0.3, -0.25) is 10.1 Å². The maximum absolute atomic E-state index is 12.4. The predicted molar refractivity (Wildman–Crippen MR) is 110 cm³/mol. The van der Waals surface area contributed by atoms with E-state index in [1.165, 1.54) is 23.1 Å². The highest BCUT2D eigenvalue weighted by molar-refractivity contribution is 8.00. The molecule has 0 aliphatic heterocycles. The molecule has 148 valence electrons. The summed E-state index contributed by atoms with van der Waals surface area (Å²) in [5, 5.41) is 20.7. The molecule has 0 radical (unpaired) electrons. The van der Waals surface area contributed by atoms with E-state index >= 15 is 0 Å². The van der Waals surface area contributed by atoms with Gasteiger partial charge in [0.05, 0.1) is 5.25 Å². The smallest absolute Gasteiger partial charge is 0.239 e. The average molecular weight is 419 g/mol. The number of ether oxygens (including phenoxy) is 1. The Balaban J connectivity index is 1.64. The number of hydrogen-bond acceptors (Lipinski definition) is 8. The van der Waals surface area contributed by atoms with Gasteiger partial charge in [-0.1, -0.05) is 41.3 Å². The standard InChI is InChI=1S/C18H22N6O2S2/c1-5-24-15(10-26-14-9-7-6-8-11(14)2)21-23-18(24)27-12(3)16(25)19-17-22-20-13(4)28-17/h6-9,12H,5,10H2,1-4H3,(H,19,22,25)/t12-/m1/s1. The van der Waals surface area contributed by atoms with Crippen molar-refractivity contribution in [2.24, 2.45) is 0 Å². The molecule has 0 fully saturated rings. The normalized spacial score (nSPS) is 12.0. The minimum Gasteiger partial charge on any atom is -0.485 e. The fourth-order valence-electron chi connectivity index (χ4n) is 2.46. The van der Waals surface area contributed by atoms with Crippen molar-refractivity contribution < 1.29 is 9.53 Å². The first-order valence-corrected chi connectivity index (χ1v) is 10.6. The van der Waals surface area contributed by atoms with Crippen molar-refractivity contribution >= 4 is 34.1 Å². The lowest BCUT2D eigenvalue weighted by Crippen LogP contribution is -2.23. The van der Waals surface area contributed by atoms with Gasteiger partial charge in [0, 0.05) is 6.54 Å². The summed E-state index contributed by atoms with van der Waals surface area (Å²) in [5.74, 6) is 1.40. The number of para-hydroxylation sites is 1. The summed E-state index contributed by atoms with van der Waals surface area (Å²) in [5.41, 5.74) is 1.07. The Morgan fingerprint density at radius 1 is 1.25 bits per heavy atom. The summed E-state index contributed by atoms with van der Waals surface area (Å²) in [6, 6.07) is 7.84. The van der Waals surface area contributed by atoms with E-state index in [4.69, 9.17) is 4.74 Å². The van der Waals surface area contributed by atoms with Crippen molar-refractivity contribution in [1.29, 1.82) is 0 Å². The van der Waals surface area contributed by atoms with Gasteiger partial charge in [0.15, 0.2) is 11.0 Å². The van der Waals surface area contributed by atoms with Crippen LogP contribution >= 0.6 is 23.1 Å². The molecular weight excluding hydrogens is 396 g/mol. The molecule has 0 saturated heterocycles. The van der Waals surface area contributed by atoms with Crippen LogP contribution < -0.4 is 10.1 Å². The molecule has 3 aromatic rings. The summed E-state index contributed by atoms with van der Waals surface area (Å²) < 4.78 is 7.85.